The number of aryl methyl sites for hydroxylation is 1. The maximum atomic E-state index is 13.6. The Morgan fingerprint density at radius 2 is 2.16 bits per heavy atom. The number of hydrogen-bond acceptors (Lipinski definition) is 7. The molecule has 0 amide bonds. The fourth-order valence-electron chi connectivity index (χ4n) is 3.76. The number of methoxy groups -OCH3 is 1. The number of nitrogens with two attached hydrogens (primary N) is 1. The van der Waals surface area contributed by atoms with Gasteiger partial charge in [-0.25, -0.2) is 0 Å². The second-order valence-corrected chi connectivity index (χ2v) is 7.17. The molecule has 156 valence electrons. The van der Waals surface area contributed by atoms with Crippen molar-refractivity contribution in [2.45, 2.75) is 19.4 Å². The quantitative estimate of drug-likeness (QED) is 0.670. The summed E-state index contributed by atoms with van der Waals surface area (Å²) in [4.78, 5) is 17.7. The van der Waals surface area contributed by atoms with Gasteiger partial charge in [-0.05, 0) is 36.2 Å². The van der Waals surface area contributed by atoms with Gasteiger partial charge in [0.25, 0.3) is 5.56 Å². The van der Waals surface area contributed by atoms with Crippen LogP contribution in [0.1, 0.15) is 28.3 Å². The predicted molar refractivity (Wildman–Crippen MR) is 113 cm³/mol. The first kappa shape index (κ1) is 20.0. The van der Waals surface area contributed by atoms with Crippen LogP contribution in [-0.2, 0) is 6.54 Å². The molecular formula is C23H20N4O4. The minimum atomic E-state index is -0.767. The van der Waals surface area contributed by atoms with Crippen LogP contribution in [0, 0.1) is 18.3 Å². The number of phenolic OH excluding ortho intramolecular Hbond substituents is 1. The zero-order valence-corrected chi connectivity index (χ0v) is 17.0. The molecule has 0 aliphatic carbocycles. The lowest BCUT2D eigenvalue weighted by molar-refractivity contribution is 0.372. The fourth-order valence-corrected chi connectivity index (χ4v) is 3.76. The van der Waals surface area contributed by atoms with Crippen LogP contribution in [0.5, 0.6) is 17.2 Å². The van der Waals surface area contributed by atoms with Crippen LogP contribution in [0.2, 0.25) is 0 Å². The van der Waals surface area contributed by atoms with E-state index in [1.165, 1.54) is 13.2 Å². The topological polar surface area (TPSA) is 123 Å². The van der Waals surface area contributed by atoms with Gasteiger partial charge in [-0.2, -0.15) is 5.26 Å². The highest BCUT2D eigenvalue weighted by Crippen LogP contribution is 2.42. The molecule has 8 nitrogen and oxygen atoms in total. The molecule has 2 aromatic heterocycles. The van der Waals surface area contributed by atoms with Gasteiger partial charge in [0.05, 0.1) is 25.1 Å². The number of hydrogen-bond donors (Lipinski definition) is 2. The molecule has 0 unspecified atom stereocenters. The zero-order valence-electron chi connectivity index (χ0n) is 17.0. The second-order valence-electron chi connectivity index (χ2n) is 7.17. The molecular weight excluding hydrogens is 396 g/mol. The molecule has 8 heteroatoms. The standard InChI is InChI=1S/C23H20N4O4/c1-13-8-19-21(23(29)27(13)12-14-4-3-7-26-11-14)20(16(10-24)22(25)31-19)15-5-6-17(28)18(9-15)30-2/h3-9,11,20,28H,12,25H2,1-2H3/t20-/m1/s1. The molecule has 1 atom stereocenters. The van der Waals surface area contributed by atoms with Crippen molar-refractivity contribution >= 4 is 0 Å². The number of nitrogens with zero attached hydrogens (tertiary/aromatic N) is 3. The summed E-state index contributed by atoms with van der Waals surface area (Å²) >= 11 is 0. The van der Waals surface area contributed by atoms with E-state index in [0.29, 0.717) is 29.1 Å². The van der Waals surface area contributed by atoms with Gasteiger partial charge in [0.2, 0.25) is 5.88 Å². The number of aromatic hydroxyl groups is 1. The molecule has 3 aromatic rings. The van der Waals surface area contributed by atoms with Gasteiger partial charge in [-0.15, -0.1) is 0 Å². The van der Waals surface area contributed by atoms with Crippen LogP contribution < -0.4 is 20.8 Å². The lowest BCUT2D eigenvalue weighted by atomic mass is 9.84. The van der Waals surface area contributed by atoms with Crippen molar-refractivity contribution in [1.29, 1.82) is 5.26 Å². The van der Waals surface area contributed by atoms with Crippen LogP contribution in [0.15, 0.2) is 65.0 Å². The lowest BCUT2D eigenvalue weighted by Gasteiger charge is -2.27. The van der Waals surface area contributed by atoms with Crippen molar-refractivity contribution in [3.8, 4) is 23.3 Å². The molecule has 0 saturated carbocycles. The first-order chi connectivity index (χ1) is 14.9. The summed E-state index contributed by atoms with van der Waals surface area (Å²) in [5.41, 5.74) is 8.28. The van der Waals surface area contributed by atoms with E-state index in [4.69, 9.17) is 15.2 Å². The molecule has 3 heterocycles. The Bertz CT molecular complexity index is 1290. The summed E-state index contributed by atoms with van der Waals surface area (Å²) in [7, 11) is 1.43. The second kappa shape index (κ2) is 7.88. The third-order valence-electron chi connectivity index (χ3n) is 5.29. The number of aromatic nitrogens is 2. The summed E-state index contributed by atoms with van der Waals surface area (Å²) in [6.45, 7) is 2.12. The summed E-state index contributed by atoms with van der Waals surface area (Å²) < 4.78 is 12.5. The average molecular weight is 416 g/mol. The van der Waals surface area contributed by atoms with E-state index in [-0.39, 0.29) is 28.5 Å². The Morgan fingerprint density at radius 1 is 1.35 bits per heavy atom. The Kier molecular flexibility index (Phi) is 5.09. The molecule has 31 heavy (non-hydrogen) atoms. The van der Waals surface area contributed by atoms with Crippen LogP contribution in [0.25, 0.3) is 0 Å². The minimum Gasteiger partial charge on any atom is -0.504 e. The summed E-state index contributed by atoms with van der Waals surface area (Å²) in [5, 5.41) is 19.8. The first-order valence-electron chi connectivity index (χ1n) is 9.52. The Balaban J connectivity index is 1.94. The van der Waals surface area contributed by atoms with Gasteiger partial charge in [0.15, 0.2) is 11.5 Å². The van der Waals surface area contributed by atoms with Gasteiger partial charge in [0.1, 0.15) is 17.4 Å². The smallest absolute Gasteiger partial charge is 0.259 e. The number of nitriles is 1. The average Bonchev–Trinajstić information content (AvgIpc) is 2.77. The van der Waals surface area contributed by atoms with E-state index in [2.05, 4.69) is 11.1 Å². The van der Waals surface area contributed by atoms with Gasteiger partial charge in [-0.3, -0.25) is 9.78 Å². The Labute approximate surface area is 178 Å². The summed E-state index contributed by atoms with van der Waals surface area (Å²) in [6, 6.07) is 12.2. The third-order valence-corrected chi connectivity index (χ3v) is 5.29. The van der Waals surface area contributed by atoms with Crippen molar-refractivity contribution in [3.05, 3.63) is 93.0 Å². The highest BCUT2D eigenvalue weighted by Gasteiger charge is 2.34. The first-order valence-corrected chi connectivity index (χ1v) is 9.52. The van der Waals surface area contributed by atoms with E-state index < -0.39 is 5.92 Å². The highest BCUT2D eigenvalue weighted by molar-refractivity contribution is 5.57. The summed E-state index contributed by atoms with van der Waals surface area (Å²) in [6.07, 6.45) is 3.36. The fraction of sp³-hybridized carbons (Fsp3) is 0.174. The molecule has 3 N–H and O–H groups in total. The minimum absolute atomic E-state index is 0.0492. The predicted octanol–water partition coefficient (Wildman–Crippen LogP) is 2.53. The number of fused-ring (bicyclic) bond motifs is 1. The number of benzene rings is 1. The van der Waals surface area contributed by atoms with Gasteiger partial charge >= 0.3 is 0 Å². The third kappa shape index (κ3) is 3.46. The molecule has 0 radical (unpaired) electrons. The Hall–Kier alpha value is -4.25. The number of rotatable bonds is 4. The van der Waals surface area contributed by atoms with E-state index in [9.17, 15) is 15.2 Å². The zero-order chi connectivity index (χ0) is 22.1. The number of pyridine rings is 2. The maximum Gasteiger partial charge on any atom is 0.259 e. The van der Waals surface area contributed by atoms with Crippen LogP contribution in [0.3, 0.4) is 0 Å². The van der Waals surface area contributed by atoms with Crippen LogP contribution >= 0.6 is 0 Å². The molecule has 0 saturated heterocycles. The van der Waals surface area contributed by atoms with E-state index in [0.717, 1.165) is 5.56 Å². The molecule has 0 bridgehead atoms. The number of allylic oxidation sites excluding steroid dienone is 1. The largest absolute Gasteiger partial charge is 0.504 e. The molecule has 1 aromatic carbocycles. The van der Waals surface area contributed by atoms with E-state index >= 15 is 0 Å². The van der Waals surface area contributed by atoms with Crippen molar-refractivity contribution in [2.75, 3.05) is 7.11 Å². The van der Waals surface area contributed by atoms with Gasteiger partial charge < -0.3 is 24.9 Å². The van der Waals surface area contributed by atoms with Gasteiger partial charge in [-0.1, -0.05) is 12.1 Å². The normalized spacial score (nSPS) is 15.1. The van der Waals surface area contributed by atoms with Crippen molar-refractivity contribution in [2.24, 2.45) is 5.73 Å². The molecule has 1 aliphatic heterocycles. The van der Waals surface area contributed by atoms with Crippen molar-refractivity contribution in [1.82, 2.24) is 9.55 Å². The highest BCUT2D eigenvalue weighted by atomic mass is 16.5. The van der Waals surface area contributed by atoms with Crippen LogP contribution in [0.4, 0.5) is 0 Å². The SMILES string of the molecule is COc1cc([C@@H]2C(C#N)=C(N)Oc3cc(C)n(Cc4cccnc4)c(=O)c32)ccc1O. The maximum absolute atomic E-state index is 13.6. The monoisotopic (exact) mass is 416 g/mol. The number of ether oxygens (including phenoxy) is 2. The van der Waals surface area contributed by atoms with E-state index in [1.54, 1.807) is 48.1 Å². The molecule has 0 fully saturated rings. The van der Waals surface area contributed by atoms with Crippen molar-refractivity contribution < 1.29 is 14.6 Å². The van der Waals surface area contributed by atoms with Crippen LogP contribution in [-0.4, -0.2) is 21.8 Å². The lowest BCUT2D eigenvalue weighted by Crippen LogP contribution is -2.33. The summed E-state index contributed by atoms with van der Waals surface area (Å²) in [5.74, 6) is -0.345. The number of phenols is 1. The molecule has 4 rings (SSSR count). The molecule has 1 aliphatic rings. The molecule has 0 spiro atoms. The van der Waals surface area contributed by atoms with Gasteiger partial charge in [0, 0.05) is 24.2 Å². The van der Waals surface area contributed by atoms with Crippen molar-refractivity contribution in [3.63, 3.8) is 0 Å². The Morgan fingerprint density at radius 3 is 2.84 bits per heavy atom. The van der Waals surface area contributed by atoms with E-state index in [1.807, 2.05) is 6.07 Å².